The van der Waals surface area contributed by atoms with E-state index in [4.69, 9.17) is 16.3 Å². The molecule has 1 heterocycles. The smallest absolute Gasteiger partial charge is 0.408 e. The molecule has 218 valence electrons. The van der Waals surface area contributed by atoms with Crippen molar-refractivity contribution in [1.82, 2.24) is 25.5 Å². The molecule has 0 fully saturated rings. The highest BCUT2D eigenvalue weighted by Crippen LogP contribution is 2.16. The lowest BCUT2D eigenvalue weighted by atomic mass is 10.0. The van der Waals surface area contributed by atoms with Gasteiger partial charge in [0.25, 0.3) is 0 Å². The summed E-state index contributed by atoms with van der Waals surface area (Å²) in [5.41, 5.74) is 3.22. The summed E-state index contributed by atoms with van der Waals surface area (Å²) in [5, 5.41) is 6.13. The monoisotopic (exact) mass is 587 g/mol. The van der Waals surface area contributed by atoms with E-state index in [-0.39, 0.29) is 37.9 Å². The molecule has 3 aromatic carbocycles. The van der Waals surface area contributed by atoms with Crippen LogP contribution < -0.4 is 10.6 Å². The third-order valence-corrected chi connectivity index (χ3v) is 6.89. The molecule has 4 rings (SSSR count). The van der Waals surface area contributed by atoms with Crippen LogP contribution >= 0.6 is 11.6 Å². The van der Waals surface area contributed by atoms with Gasteiger partial charge in [-0.15, -0.1) is 0 Å². The molecule has 3 N–H and O–H groups in total. The van der Waals surface area contributed by atoms with Crippen molar-refractivity contribution >= 4 is 29.5 Å². The number of nitrogens with one attached hydrogen (secondary N) is 3. The van der Waals surface area contributed by atoms with Gasteiger partial charge in [0.1, 0.15) is 12.6 Å². The first kappa shape index (κ1) is 30.3. The van der Waals surface area contributed by atoms with Gasteiger partial charge in [-0.3, -0.25) is 9.59 Å². The number of aromatic amines is 1. The van der Waals surface area contributed by atoms with E-state index >= 15 is 0 Å². The van der Waals surface area contributed by atoms with E-state index in [1.54, 1.807) is 24.4 Å². The summed E-state index contributed by atoms with van der Waals surface area (Å²) in [7, 11) is 0. The van der Waals surface area contributed by atoms with Gasteiger partial charge < -0.3 is 25.3 Å². The van der Waals surface area contributed by atoms with Crippen molar-refractivity contribution in [3.05, 3.63) is 125 Å². The van der Waals surface area contributed by atoms with Crippen molar-refractivity contribution in [2.45, 2.75) is 38.5 Å². The number of nitrogens with zero attached hydrogens (tertiary/aromatic N) is 2. The fourth-order valence-corrected chi connectivity index (χ4v) is 4.62. The fourth-order valence-electron chi connectivity index (χ4n) is 4.40. The van der Waals surface area contributed by atoms with Gasteiger partial charge >= 0.3 is 6.09 Å². The van der Waals surface area contributed by atoms with Crippen LogP contribution in [0, 0.1) is 0 Å². The van der Waals surface area contributed by atoms with Crippen LogP contribution in [0.3, 0.4) is 0 Å². The Balaban J connectivity index is 1.48. The Bertz CT molecular complexity index is 1430. The number of hydrogen-bond donors (Lipinski definition) is 3. The molecule has 1 aromatic heterocycles. The van der Waals surface area contributed by atoms with E-state index in [0.717, 1.165) is 16.7 Å². The van der Waals surface area contributed by atoms with E-state index in [2.05, 4.69) is 20.6 Å². The summed E-state index contributed by atoms with van der Waals surface area (Å²) >= 11 is 6.20. The number of halogens is 1. The summed E-state index contributed by atoms with van der Waals surface area (Å²) in [5.74, 6) is -0.695. The molecule has 0 aliphatic heterocycles. The zero-order chi connectivity index (χ0) is 29.7. The van der Waals surface area contributed by atoms with E-state index in [9.17, 15) is 14.4 Å². The Kier molecular flexibility index (Phi) is 11.1. The number of rotatable bonds is 13. The first-order valence-corrected chi connectivity index (χ1v) is 14.0. The van der Waals surface area contributed by atoms with E-state index < -0.39 is 18.0 Å². The summed E-state index contributed by atoms with van der Waals surface area (Å²) in [6, 6.07) is 25.2. The first-order chi connectivity index (χ1) is 20.4. The zero-order valence-electron chi connectivity index (χ0n) is 23.3. The van der Waals surface area contributed by atoms with Crippen molar-refractivity contribution in [2.24, 2.45) is 0 Å². The van der Waals surface area contributed by atoms with Crippen LogP contribution in [-0.4, -0.2) is 51.9 Å². The summed E-state index contributed by atoms with van der Waals surface area (Å²) < 4.78 is 5.38. The molecule has 2 atom stereocenters. The minimum Gasteiger partial charge on any atom is -0.445 e. The molecule has 0 radical (unpaired) electrons. The Hall–Kier alpha value is -4.63. The number of aromatic nitrogens is 2. The predicted octanol–water partition coefficient (Wildman–Crippen LogP) is 4.85. The number of alkyl carbamates (subject to hydrolysis) is 1. The Morgan fingerprint density at radius 2 is 1.69 bits per heavy atom. The normalized spacial score (nSPS) is 12.1. The maximum atomic E-state index is 14.0. The standard InChI is InChI=1S/C32H34ClN5O4/c1-23(26-12-6-3-7-13-26)17-35-30(39)20-38(19-25-11-8-14-27(33)15-25)31(40)29(16-28-18-34-22-36-28)37-32(41)42-21-24-9-4-2-5-10-24/h2-15,18,22-23,29H,16-17,19-21H2,1H3,(H,34,36)(H,35,39)(H,37,41)/t23?,29-/m0/s1. The fraction of sp³-hybridized carbons (Fsp3) is 0.250. The SMILES string of the molecule is CC(CNC(=O)CN(Cc1cccc(Cl)c1)C(=O)[C@H](Cc1c[nH]cn1)NC(=O)OCc1ccccc1)c1ccccc1. The second kappa shape index (κ2) is 15.4. The summed E-state index contributed by atoms with van der Waals surface area (Å²) in [6.45, 7) is 2.37. The molecule has 9 nitrogen and oxygen atoms in total. The van der Waals surface area contributed by atoms with Crippen molar-refractivity contribution in [3.8, 4) is 0 Å². The van der Waals surface area contributed by atoms with Crippen molar-refractivity contribution in [3.63, 3.8) is 0 Å². The minimum atomic E-state index is -1.04. The molecule has 0 bridgehead atoms. The van der Waals surface area contributed by atoms with E-state index in [0.29, 0.717) is 17.3 Å². The van der Waals surface area contributed by atoms with Gasteiger partial charge in [0.05, 0.1) is 18.6 Å². The Labute approximate surface area is 250 Å². The quantitative estimate of drug-likeness (QED) is 0.207. The number of ether oxygens (including phenoxy) is 1. The van der Waals surface area contributed by atoms with Crippen LogP contribution in [0.1, 0.15) is 35.2 Å². The second-order valence-electron chi connectivity index (χ2n) is 9.96. The highest BCUT2D eigenvalue weighted by atomic mass is 35.5. The number of carbonyl (C=O) groups is 3. The number of amides is 3. The lowest BCUT2D eigenvalue weighted by Gasteiger charge is -2.27. The van der Waals surface area contributed by atoms with Crippen molar-refractivity contribution in [2.75, 3.05) is 13.1 Å². The van der Waals surface area contributed by atoms with Gasteiger partial charge in [0.2, 0.25) is 11.8 Å². The molecule has 3 amide bonds. The molecule has 0 aliphatic carbocycles. The third-order valence-electron chi connectivity index (χ3n) is 6.65. The van der Waals surface area contributed by atoms with Gasteiger partial charge in [-0.1, -0.05) is 91.3 Å². The van der Waals surface area contributed by atoms with Crippen LogP contribution in [-0.2, 0) is 33.9 Å². The van der Waals surface area contributed by atoms with Crippen LogP contribution in [0.2, 0.25) is 5.02 Å². The first-order valence-electron chi connectivity index (χ1n) is 13.7. The highest BCUT2D eigenvalue weighted by Gasteiger charge is 2.29. The number of hydrogen-bond acceptors (Lipinski definition) is 5. The van der Waals surface area contributed by atoms with Crippen LogP contribution in [0.15, 0.2) is 97.5 Å². The maximum absolute atomic E-state index is 14.0. The topological polar surface area (TPSA) is 116 Å². The summed E-state index contributed by atoms with van der Waals surface area (Å²) in [6.07, 6.45) is 2.49. The lowest BCUT2D eigenvalue weighted by molar-refractivity contribution is -0.138. The van der Waals surface area contributed by atoms with Gasteiger partial charge in [0, 0.05) is 30.7 Å². The van der Waals surface area contributed by atoms with E-state index in [1.807, 2.05) is 73.7 Å². The predicted molar refractivity (Wildman–Crippen MR) is 161 cm³/mol. The molecule has 1 unspecified atom stereocenters. The van der Waals surface area contributed by atoms with Gasteiger partial charge in [0.15, 0.2) is 0 Å². The minimum absolute atomic E-state index is 0.0459. The number of benzene rings is 3. The van der Waals surface area contributed by atoms with E-state index in [1.165, 1.54) is 11.2 Å². The molecule has 0 saturated carbocycles. The molecule has 4 aromatic rings. The highest BCUT2D eigenvalue weighted by molar-refractivity contribution is 6.30. The second-order valence-corrected chi connectivity index (χ2v) is 10.4. The molecule has 0 aliphatic rings. The van der Waals surface area contributed by atoms with Crippen molar-refractivity contribution < 1.29 is 19.1 Å². The zero-order valence-corrected chi connectivity index (χ0v) is 24.1. The molecule has 42 heavy (non-hydrogen) atoms. The van der Waals surface area contributed by atoms with Crippen molar-refractivity contribution in [1.29, 1.82) is 0 Å². The molecule has 0 saturated heterocycles. The van der Waals surface area contributed by atoms with Crippen LogP contribution in [0.4, 0.5) is 4.79 Å². The Morgan fingerprint density at radius 3 is 2.38 bits per heavy atom. The largest absolute Gasteiger partial charge is 0.445 e. The molecular formula is C32H34ClN5O4. The average Bonchev–Trinajstić information content (AvgIpc) is 3.52. The lowest BCUT2D eigenvalue weighted by Crippen LogP contribution is -2.52. The summed E-state index contributed by atoms with van der Waals surface area (Å²) in [4.78, 5) is 48.4. The molecular weight excluding hydrogens is 554 g/mol. The van der Waals surface area contributed by atoms with Gasteiger partial charge in [-0.2, -0.15) is 0 Å². The molecule has 10 heteroatoms. The van der Waals surface area contributed by atoms with Crippen LogP contribution in [0.5, 0.6) is 0 Å². The van der Waals surface area contributed by atoms with Gasteiger partial charge in [-0.05, 0) is 34.7 Å². The van der Waals surface area contributed by atoms with Gasteiger partial charge in [-0.25, -0.2) is 9.78 Å². The average molecular weight is 588 g/mol. The number of imidazole rings is 1. The number of H-pyrrole nitrogens is 1. The maximum Gasteiger partial charge on any atom is 0.408 e. The number of carbonyl (C=O) groups excluding carboxylic acids is 3. The Morgan fingerprint density at radius 1 is 0.976 bits per heavy atom. The van der Waals surface area contributed by atoms with Crippen LogP contribution in [0.25, 0.3) is 0 Å². The third kappa shape index (κ3) is 9.49. The molecule has 0 spiro atoms.